The molecule has 6 nitrogen and oxygen atoms in total. The third-order valence-corrected chi connectivity index (χ3v) is 3.76. The topological polar surface area (TPSA) is 72.5 Å². The summed E-state index contributed by atoms with van der Waals surface area (Å²) in [7, 11) is 3.14. The molecule has 0 aliphatic carbocycles. The number of aromatic nitrogens is 1. The lowest BCUT2D eigenvalue weighted by atomic mass is 10.2. The number of halogens is 1. The molecule has 138 valence electrons. The van der Waals surface area contributed by atoms with Crippen LogP contribution in [0.25, 0.3) is 0 Å². The Morgan fingerprint density at radius 1 is 1.00 bits per heavy atom. The van der Waals surface area contributed by atoms with E-state index in [4.69, 9.17) is 9.47 Å². The van der Waals surface area contributed by atoms with Gasteiger partial charge in [0.1, 0.15) is 23.0 Å². The second-order valence-electron chi connectivity index (χ2n) is 5.59. The molecule has 0 unspecified atom stereocenters. The zero-order valence-corrected chi connectivity index (χ0v) is 14.8. The van der Waals surface area contributed by atoms with E-state index in [0.29, 0.717) is 28.6 Å². The Balaban J connectivity index is 1.80. The van der Waals surface area contributed by atoms with Crippen LogP contribution in [0.2, 0.25) is 0 Å². The van der Waals surface area contributed by atoms with E-state index in [1.165, 1.54) is 24.4 Å². The molecule has 27 heavy (non-hydrogen) atoms. The van der Waals surface area contributed by atoms with Crippen molar-refractivity contribution in [1.29, 1.82) is 0 Å². The predicted octanol–water partition coefficient (Wildman–Crippen LogP) is 4.23. The van der Waals surface area contributed by atoms with E-state index in [0.717, 1.165) is 0 Å². The first-order chi connectivity index (χ1) is 13.1. The second-order valence-corrected chi connectivity index (χ2v) is 5.59. The van der Waals surface area contributed by atoms with E-state index in [1.807, 2.05) is 0 Å². The molecule has 0 aliphatic rings. The van der Waals surface area contributed by atoms with Crippen molar-refractivity contribution in [1.82, 2.24) is 4.98 Å². The molecule has 1 aromatic heterocycles. The number of methoxy groups -OCH3 is 2. The van der Waals surface area contributed by atoms with Crippen LogP contribution in [0, 0.1) is 5.82 Å². The number of anilines is 3. The van der Waals surface area contributed by atoms with Crippen molar-refractivity contribution in [3.63, 3.8) is 0 Å². The number of carbonyl (C=O) groups excluding carboxylic acids is 1. The lowest BCUT2D eigenvalue weighted by molar-refractivity contribution is 0.102. The molecule has 1 heterocycles. The van der Waals surface area contributed by atoms with Crippen LogP contribution in [0.15, 0.2) is 60.8 Å². The Morgan fingerprint density at radius 3 is 2.59 bits per heavy atom. The number of hydrogen-bond donors (Lipinski definition) is 2. The summed E-state index contributed by atoms with van der Waals surface area (Å²) in [6, 6.07) is 14.3. The van der Waals surface area contributed by atoms with Crippen LogP contribution in [0.1, 0.15) is 10.5 Å². The molecule has 3 aromatic rings. The highest BCUT2D eigenvalue weighted by Crippen LogP contribution is 2.31. The standard InChI is InChI=1S/C20H18FN3O3/c1-26-16-6-7-19(27-2)17(12-16)23-15-8-9-22-18(11-15)20(25)24-14-5-3-4-13(21)10-14/h3-12H,1-2H3,(H,22,23)(H,24,25). The summed E-state index contributed by atoms with van der Waals surface area (Å²) < 4.78 is 23.8. The maximum Gasteiger partial charge on any atom is 0.274 e. The van der Waals surface area contributed by atoms with Gasteiger partial charge >= 0.3 is 0 Å². The van der Waals surface area contributed by atoms with E-state index in [9.17, 15) is 9.18 Å². The van der Waals surface area contributed by atoms with Crippen LogP contribution >= 0.6 is 0 Å². The van der Waals surface area contributed by atoms with Gasteiger partial charge in [0.25, 0.3) is 5.91 Å². The summed E-state index contributed by atoms with van der Waals surface area (Å²) in [5, 5.41) is 5.80. The maximum absolute atomic E-state index is 13.3. The first-order valence-corrected chi connectivity index (χ1v) is 8.11. The molecule has 3 rings (SSSR count). The third kappa shape index (κ3) is 4.52. The van der Waals surface area contributed by atoms with Gasteiger partial charge in [-0.25, -0.2) is 4.39 Å². The monoisotopic (exact) mass is 367 g/mol. The number of hydrogen-bond acceptors (Lipinski definition) is 5. The van der Waals surface area contributed by atoms with Gasteiger partial charge in [0.2, 0.25) is 0 Å². The van der Waals surface area contributed by atoms with Crippen molar-refractivity contribution in [2.24, 2.45) is 0 Å². The fourth-order valence-corrected chi connectivity index (χ4v) is 2.46. The molecule has 0 spiro atoms. The van der Waals surface area contributed by atoms with Crippen molar-refractivity contribution in [2.45, 2.75) is 0 Å². The molecule has 0 saturated carbocycles. The van der Waals surface area contributed by atoms with E-state index < -0.39 is 11.7 Å². The molecule has 0 fully saturated rings. The van der Waals surface area contributed by atoms with Crippen LogP contribution in [0.4, 0.5) is 21.5 Å². The van der Waals surface area contributed by atoms with Gasteiger partial charge < -0.3 is 20.1 Å². The minimum Gasteiger partial charge on any atom is -0.497 e. The summed E-state index contributed by atoms with van der Waals surface area (Å²) in [5.74, 6) is 0.415. The quantitative estimate of drug-likeness (QED) is 0.682. The SMILES string of the molecule is COc1ccc(OC)c(Nc2ccnc(C(=O)Nc3cccc(F)c3)c2)c1. The summed E-state index contributed by atoms with van der Waals surface area (Å²) in [5.41, 5.74) is 1.86. The number of ether oxygens (including phenoxy) is 2. The fraction of sp³-hybridized carbons (Fsp3) is 0.100. The van der Waals surface area contributed by atoms with E-state index in [2.05, 4.69) is 15.6 Å². The first-order valence-electron chi connectivity index (χ1n) is 8.11. The van der Waals surface area contributed by atoms with Gasteiger partial charge in [0.05, 0.1) is 19.9 Å². The summed E-state index contributed by atoms with van der Waals surface area (Å²) in [6.07, 6.45) is 1.51. The third-order valence-electron chi connectivity index (χ3n) is 3.76. The van der Waals surface area contributed by atoms with Crippen LogP contribution in [-0.4, -0.2) is 25.1 Å². The highest BCUT2D eigenvalue weighted by molar-refractivity contribution is 6.03. The molecule has 2 aromatic carbocycles. The zero-order chi connectivity index (χ0) is 19.2. The molecule has 2 N–H and O–H groups in total. The van der Waals surface area contributed by atoms with Crippen LogP contribution in [0.5, 0.6) is 11.5 Å². The Hall–Kier alpha value is -3.61. The molecule has 0 bridgehead atoms. The van der Waals surface area contributed by atoms with Gasteiger partial charge in [0, 0.05) is 23.6 Å². The Morgan fingerprint density at radius 2 is 1.85 bits per heavy atom. The second kappa shape index (κ2) is 8.18. The van der Waals surface area contributed by atoms with E-state index in [-0.39, 0.29) is 5.69 Å². The van der Waals surface area contributed by atoms with Gasteiger partial charge in [-0.1, -0.05) is 6.07 Å². The Bertz CT molecular complexity index is 963. The van der Waals surface area contributed by atoms with E-state index in [1.54, 1.807) is 50.6 Å². The summed E-state index contributed by atoms with van der Waals surface area (Å²) >= 11 is 0. The minimum atomic E-state index is -0.443. The number of rotatable bonds is 6. The molecule has 0 atom stereocenters. The number of amides is 1. The maximum atomic E-state index is 13.3. The highest BCUT2D eigenvalue weighted by Gasteiger charge is 2.11. The van der Waals surface area contributed by atoms with Crippen molar-refractivity contribution in [2.75, 3.05) is 24.9 Å². The number of nitrogens with zero attached hydrogens (tertiary/aromatic N) is 1. The van der Waals surface area contributed by atoms with Crippen molar-refractivity contribution < 1.29 is 18.7 Å². The van der Waals surface area contributed by atoms with Gasteiger partial charge in [0.15, 0.2) is 0 Å². The zero-order valence-electron chi connectivity index (χ0n) is 14.8. The molecule has 0 saturated heterocycles. The largest absolute Gasteiger partial charge is 0.497 e. The summed E-state index contributed by atoms with van der Waals surface area (Å²) in [4.78, 5) is 16.5. The number of benzene rings is 2. The smallest absolute Gasteiger partial charge is 0.274 e. The van der Waals surface area contributed by atoms with Crippen molar-refractivity contribution in [3.05, 3.63) is 72.3 Å². The minimum absolute atomic E-state index is 0.186. The highest BCUT2D eigenvalue weighted by atomic mass is 19.1. The molecular formula is C20H18FN3O3. The lowest BCUT2D eigenvalue weighted by Gasteiger charge is -2.13. The van der Waals surface area contributed by atoms with Crippen molar-refractivity contribution in [3.8, 4) is 11.5 Å². The van der Waals surface area contributed by atoms with Gasteiger partial charge in [-0.15, -0.1) is 0 Å². The normalized spacial score (nSPS) is 10.2. The number of carbonyl (C=O) groups is 1. The lowest BCUT2D eigenvalue weighted by Crippen LogP contribution is -2.14. The van der Waals surface area contributed by atoms with Gasteiger partial charge in [-0.2, -0.15) is 0 Å². The number of pyridine rings is 1. The first kappa shape index (κ1) is 18.2. The molecule has 0 radical (unpaired) electrons. The molecule has 1 amide bonds. The van der Waals surface area contributed by atoms with E-state index >= 15 is 0 Å². The average molecular weight is 367 g/mol. The number of nitrogens with one attached hydrogen (secondary N) is 2. The summed E-state index contributed by atoms with van der Waals surface area (Å²) in [6.45, 7) is 0. The molecule has 0 aliphatic heterocycles. The van der Waals surface area contributed by atoms with Crippen LogP contribution < -0.4 is 20.1 Å². The Kier molecular flexibility index (Phi) is 5.51. The van der Waals surface area contributed by atoms with Crippen LogP contribution in [0.3, 0.4) is 0 Å². The molecular weight excluding hydrogens is 349 g/mol. The van der Waals surface area contributed by atoms with Crippen LogP contribution in [-0.2, 0) is 0 Å². The molecule has 7 heteroatoms. The average Bonchev–Trinajstić information content (AvgIpc) is 2.68. The van der Waals surface area contributed by atoms with Gasteiger partial charge in [-0.05, 0) is 42.5 Å². The fourth-order valence-electron chi connectivity index (χ4n) is 2.46. The van der Waals surface area contributed by atoms with Gasteiger partial charge in [-0.3, -0.25) is 9.78 Å². The van der Waals surface area contributed by atoms with Crippen molar-refractivity contribution >= 4 is 23.0 Å². The predicted molar refractivity (Wildman–Crippen MR) is 101 cm³/mol. The Labute approximate surface area is 156 Å².